The number of piperazine rings is 1. The molecule has 0 saturated carbocycles. The molecule has 1 N–H and O–H groups in total. The molecule has 1 aromatic carbocycles. The second-order valence-corrected chi connectivity index (χ2v) is 6.97. The minimum Gasteiger partial charge on any atom is -0.395 e. The first kappa shape index (κ1) is 17.0. The van der Waals surface area contributed by atoms with E-state index in [1.54, 1.807) is 0 Å². The number of rotatable bonds is 4. The Bertz CT molecular complexity index is 894. The van der Waals surface area contributed by atoms with Gasteiger partial charge in [0.2, 0.25) is 0 Å². The molecule has 1 aliphatic heterocycles. The third-order valence-corrected chi connectivity index (χ3v) is 5.06. The van der Waals surface area contributed by atoms with E-state index in [1.807, 2.05) is 17.6 Å². The largest absolute Gasteiger partial charge is 0.395 e. The Morgan fingerprint density at radius 2 is 1.77 bits per heavy atom. The standard InChI is InChI=1S/C20H25N5O/c1-15-3-5-17(6-4-15)18-14-21-25-19(13-16(2)22-20(18)25)24-9-7-23(8-10-24)11-12-26/h3-6,13-14,26H,7-12H2,1-2H3. The normalized spacial score (nSPS) is 15.7. The van der Waals surface area contributed by atoms with Crippen LogP contribution in [0.3, 0.4) is 0 Å². The Hall–Kier alpha value is -2.44. The molecule has 6 heteroatoms. The SMILES string of the molecule is Cc1ccc(-c2cnn3c(N4CCN(CCO)CC4)cc(C)nc23)cc1. The molecular formula is C20H25N5O. The number of fused-ring (bicyclic) bond motifs is 1. The van der Waals surface area contributed by atoms with Crippen molar-refractivity contribution in [2.75, 3.05) is 44.2 Å². The van der Waals surface area contributed by atoms with Crippen molar-refractivity contribution in [1.82, 2.24) is 19.5 Å². The van der Waals surface area contributed by atoms with Crippen LogP contribution in [0.15, 0.2) is 36.5 Å². The van der Waals surface area contributed by atoms with Gasteiger partial charge in [-0.25, -0.2) is 4.98 Å². The van der Waals surface area contributed by atoms with Crippen LogP contribution >= 0.6 is 0 Å². The first-order valence-electron chi connectivity index (χ1n) is 9.16. The van der Waals surface area contributed by atoms with Gasteiger partial charge in [0.05, 0.1) is 12.8 Å². The van der Waals surface area contributed by atoms with Crippen LogP contribution < -0.4 is 4.90 Å². The Labute approximate surface area is 153 Å². The molecule has 1 aliphatic rings. The Morgan fingerprint density at radius 1 is 1.04 bits per heavy atom. The van der Waals surface area contributed by atoms with Crippen LogP contribution in [0.1, 0.15) is 11.3 Å². The zero-order valence-corrected chi connectivity index (χ0v) is 15.4. The van der Waals surface area contributed by atoms with Gasteiger partial charge >= 0.3 is 0 Å². The topological polar surface area (TPSA) is 56.9 Å². The molecule has 136 valence electrons. The lowest BCUT2D eigenvalue weighted by Crippen LogP contribution is -2.47. The number of aryl methyl sites for hydroxylation is 2. The van der Waals surface area contributed by atoms with Crippen LogP contribution in [-0.2, 0) is 0 Å². The Kier molecular flexibility index (Phi) is 4.61. The van der Waals surface area contributed by atoms with Crippen LogP contribution in [0.2, 0.25) is 0 Å². The minimum atomic E-state index is 0.220. The number of anilines is 1. The molecule has 3 aromatic rings. The summed E-state index contributed by atoms with van der Waals surface area (Å²) in [5, 5.41) is 13.8. The molecule has 6 nitrogen and oxygen atoms in total. The van der Waals surface area contributed by atoms with Gasteiger partial charge in [-0.05, 0) is 19.4 Å². The molecule has 0 radical (unpaired) electrons. The molecule has 0 spiro atoms. The fourth-order valence-electron chi connectivity index (χ4n) is 3.57. The Morgan fingerprint density at radius 3 is 2.46 bits per heavy atom. The summed E-state index contributed by atoms with van der Waals surface area (Å²) in [7, 11) is 0. The van der Waals surface area contributed by atoms with Crippen LogP contribution in [0.5, 0.6) is 0 Å². The van der Waals surface area contributed by atoms with Gasteiger partial charge in [0.15, 0.2) is 5.65 Å². The fourth-order valence-corrected chi connectivity index (χ4v) is 3.57. The highest BCUT2D eigenvalue weighted by Crippen LogP contribution is 2.27. The molecule has 0 unspecified atom stereocenters. The van der Waals surface area contributed by atoms with Gasteiger partial charge in [-0.15, -0.1) is 0 Å². The minimum absolute atomic E-state index is 0.220. The third-order valence-electron chi connectivity index (χ3n) is 5.06. The van der Waals surface area contributed by atoms with E-state index < -0.39 is 0 Å². The lowest BCUT2D eigenvalue weighted by Gasteiger charge is -2.35. The van der Waals surface area contributed by atoms with E-state index in [9.17, 15) is 0 Å². The molecule has 0 aliphatic carbocycles. The average molecular weight is 351 g/mol. The maximum Gasteiger partial charge on any atom is 0.165 e. The molecule has 1 fully saturated rings. The summed E-state index contributed by atoms with van der Waals surface area (Å²) < 4.78 is 1.96. The molecule has 0 amide bonds. The number of aromatic nitrogens is 3. The second-order valence-electron chi connectivity index (χ2n) is 6.97. The van der Waals surface area contributed by atoms with Crippen molar-refractivity contribution >= 4 is 11.5 Å². The Balaban J connectivity index is 1.70. The highest BCUT2D eigenvalue weighted by molar-refractivity contribution is 5.78. The first-order valence-corrected chi connectivity index (χ1v) is 9.16. The van der Waals surface area contributed by atoms with E-state index in [0.29, 0.717) is 0 Å². The average Bonchev–Trinajstić information content (AvgIpc) is 3.06. The zero-order valence-electron chi connectivity index (χ0n) is 15.4. The van der Waals surface area contributed by atoms with E-state index in [0.717, 1.165) is 61.0 Å². The lowest BCUT2D eigenvalue weighted by atomic mass is 10.1. The smallest absolute Gasteiger partial charge is 0.165 e. The van der Waals surface area contributed by atoms with Gasteiger partial charge in [0.25, 0.3) is 0 Å². The van der Waals surface area contributed by atoms with Crippen molar-refractivity contribution in [3.8, 4) is 11.1 Å². The number of hydrogen-bond acceptors (Lipinski definition) is 5. The van der Waals surface area contributed by atoms with Gasteiger partial charge < -0.3 is 10.0 Å². The fraction of sp³-hybridized carbons (Fsp3) is 0.400. The maximum absolute atomic E-state index is 9.13. The lowest BCUT2D eigenvalue weighted by molar-refractivity contribution is 0.188. The molecular weight excluding hydrogens is 326 g/mol. The first-order chi connectivity index (χ1) is 12.7. The molecule has 0 atom stereocenters. The number of nitrogens with zero attached hydrogens (tertiary/aromatic N) is 5. The van der Waals surface area contributed by atoms with Gasteiger partial charge in [0, 0.05) is 50.0 Å². The number of benzene rings is 1. The van der Waals surface area contributed by atoms with Crippen LogP contribution in [0.25, 0.3) is 16.8 Å². The van der Waals surface area contributed by atoms with E-state index in [1.165, 1.54) is 5.56 Å². The monoisotopic (exact) mass is 351 g/mol. The number of aliphatic hydroxyl groups excluding tert-OH is 1. The molecule has 2 aromatic heterocycles. The van der Waals surface area contributed by atoms with Crippen LogP contribution in [0.4, 0.5) is 5.82 Å². The van der Waals surface area contributed by atoms with Gasteiger partial charge in [-0.2, -0.15) is 9.61 Å². The van der Waals surface area contributed by atoms with Crippen LogP contribution in [-0.4, -0.2) is 63.9 Å². The number of hydrogen-bond donors (Lipinski definition) is 1. The third kappa shape index (κ3) is 3.18. The van der Waals surface area contributed by atoms with Crippen molar-refractivity contribution in [2.45, 2.75) is 13.8 Å². The van der Waals surface area contributed by atoms with E-state index in [4.69, 9.17) is 10.1 Å². The molecule has 26 heavy (non-hydrogen) atoms. The summed E-state index contributed by atoms with van der Waals surface area (Å²) in [5.41, 5.74) is 5.35. The van der Waals surface area contributed by atoms with E-state index in [-0.39, 0.29) is 6.61 Å². The van der Waals surface area contributed by atoms with Gasteiger partial charge in [-0.1, -0.05) is 29.8 Å². The summed E-state index contributed by atoms with van der Waals surface area (Å²) >= 11 is 0. The van der Waals surface area contributed by atoms with Crippen LogP contribution in [0, 0.1) is 13.8 Å². The highest BCUT2D eigenvalue weighted by Gasteiger charge is 2.21. The summed E-state index contributed by atoms with van der Waals surface area (Å²) in [6.07, 6.45) is 1.91. The molecule has 3 heterocycles. The van der Waals surface area contributed by atoms with Crippen molar-refractivity contribution in [2.24, 2.45) is 0 Å². The van der Waals surface area contributed by atoms with Crippen molar-refractivity contribution < 1.29 is 5.11 Å². The van der Waals surface area contributed by atoms with Gasteiger partial charge in [-0.3, -0.25) is 4.90 Å². The van der Waals surface area contributed by atoms with Gasteiger partial charge in [0.1, 0.15) is 5.82 Å². The predicted octanol–water partition coefficient (Wildman–Crippen LogP) is 2.13. The number of β-amino-alcohol motifs (C(OH)–C–C–N with tert-alkyl or cyclic N) is 1. The second kappa shape index (κ2) is 7.05. The summed E-state index contributed by atoms with van der Waals surface area (Å²) in [4.78, 5) is 9.42. The van der Waals surface area contributed by atoms with E-state index in [2.05, 4.69) is 52.2 Å². The van der Waals surface area contributed by atoms with Crippen molar-refractivity contribution in [1.29, 1.82) is 0 Å². The highest BCUT2D eigenvalue weighted by atomic mass is 16.3. The van der Waals surface area contributed by atoms with Crippen molar-refractivity contribution in [3.05, 3.63) is 47.8 Å². The predicted molar refractivity (Wildman–Crippen MR) is 104 cm³/mol. The summed E-state index contributed by atoms with van der Waals surface area (Å²) in [5.74, 6) is 1.09. The molecule has 4 rings (SSSR count). The van der Waals surface area contributed by atoms with E-state index >= 15 is 0 Å². The van der Waals surface area contributed by atoms with Crippen molar-refractivity contribution in [3.63, 3.8) is 0 Å². The zero-order chi connectivity index (χ0) is 18.1. The summed E-state index contributed by atoms with van der Waals surface area (Å²) in [6, 6.07) is 10.6. The summed E-state index contributed by atoms with van der Waals surface area (Å²) in [6.45, 7) is 8.87. The maximum atomic E-state index is 9.13. The molecule has 1 saturated heterocycles. The molecule has 0 bridgehead atoms. The quantitative estimate of drug-likeness (QED) is 0.780. The number of aliphatic hydroxyl groups is 1.